The summed E-state index contributed by atoms with van der Waals surface area (Å²) in [5.74, 6) is 5.71. The van der Waals surface area contributed by atoms with Crippen LogP contribution in [0.1, 0.15) is 65.2 Å². The number of terminal acetylenes is 1. The molecule has 120 valence electrons. The molecule has 7 atom stereocenters. The lowest BCUT2D eigenvalue weighted by Crippen LogP contribution is -2.52. The van der Waals surface area contributed by atoms with Gasteiger partial charge in [-0.25, -0.2) is 0 Å². The highest BCUT2D eigenvalue weighted by atomic mass is 16.3. The van der Waals surface area contributed by atoms with E-state index in [1.807, 2.05) is 0 Å². The molecule has 0 aliphatic heterocycles. The molecule has 22 heavy (non-hydrogen) atoms. The molecule has 4 rings (SSSR count). The van der Waals surface area contributed by atoms with E-state index >= 15 is 0 Å². The summed E-state index contributed by atoms with van der Waals surface area (Å²) < 4.78 is 0. The molecule has 0 aromatic heterocycles. The zero-order valence-electron chi connectivity index (χ0n) is 14.1. The average molecular weight is 298 g/mol. The highest BCUT2D eigenvalue weighted by Crippen LogP contribution is 2.65. The molecular formula is C21H30O. The first-order valence-corrected chi connectivity index (χ1v) is 9.33. The largest absolute Gasteiger partial charge is 0.393 e. The minimum absolute atomic E-state index is 0.144. The van der Waals surface area contributed by atoms with Crippen molar-refractivity contribution in [3.8, 4) is 12.3 Å². The number of hydrogen-bond acceptors (Lipinski definition) is 1. The lowest BCUT2D eigenvalue weighted by molar-refractivity contribution is -0.0479. The molecule has 3 saturated carbocycles. The van der Waals surface area contributed by atoms with Gasteiger partial charge in [-0.1, -0.05) is 37.8 Å². The molecule has 0 aromatic carbocycles. The molecule has 0 saturated heterocycles. The maximum Gasteiger partial charge on any atom is 0.0577 e. The zero-order chi connectivity index (χ0) is 15.5. The molecule has 0 unspecified atom stereocenters. The minimum atomic E-state index is -0.144. The van der Waals surface area contributed by atoms with Crippen LogP contribution < -0.4 is 0 Å². The molecule has 4 aliphatic carbocycles. The normalized spacial score (nSPS) is 53.7. The van der Waals surface area contributed by atoms with Gasteiger partial charge in [0.25, 0.3) is 0 Å². The second-order valence-corrected chi connectivity index (χ2v) is 9.07. The predicted molar refractivity (Wildman–Crippen MR) is 90.0 cm³/mol. The average Bonchev–Trinajstić information content (AvgIpc) is 2.89. The third-order valence-corrected chi connectivity index (χ3v) is 8.11. The first-order chi connectivity index (χ1) is 10.5. The number of aliphatic hydroxyl groups is 1. The third-order valence-electron chi connectivity index (χ3n) is 8.11. The van der Waals surface area contributed by atoms with Gasteiger partial charge >= 0.3 is 0 Å². The molecule has 1 heteroatoms. The first-order valence-electron chi connectivity index (χ1n) is 9.33. The van der Waals surface area contributed by atoms with E-state index in [1.165, 1.54) is 37.7 Å². The fourth-order valence-corrected chi connectivity index (χ4v) is 6.81. The van der Waals surface area contributed by atoms with E-state index in [0.29, 0.717) is 22.7 Å². The quantitative estimate of drug-likeness (QED) is 0.513. The smallest absolute Gasteiger partial charge is 0.0577 e. The van der Waals surface area contributed by atoms with Crippen molar-refractivity contribution in [1.82, 2.24) is 0 Å². The Hall–Kier alpha value is -0.740. The van der Waals surface area contributed by atoms with Crippen molar-refractivity contribution in [2.75, 3.05) is 0 Å². The van der Waals surface area contributed by atoms with E-state index in [4.69, 9.17) is 6.42 Å². The second kappa shape index (κ2) is 4.88. The zero-order valence-corrected chi connectivity index (χ0v) is 14.1. The lowest BCUT2D eigenvalue weighted by Gasteiger charge is -2.58. The Morgan fingerprint density at radius 3 is 2.73 bits per heavy atom. The van der Waals surface area contributed by atoms with Crippen LogP contribution in [0.15, 0.2) is 11.6 Å². The summed E-state index contributed by atoms with van der Waals surface area (Å²) in [5.41, 5.74) is 2.34. The molecule has 1 nitrogen and oxygen atoms in total. The van der Waals surface area contributed by atoms with Crippen LogP contribution in [-0.4, -0.2) is 11.2 Å². The van der Waals surface area contributed by atoms with Gasteiger partial charge in [0.2, 0.25) is 0 Å². The monoisotopic (exact) mass is 298 g/mol. The molecule has 0 spiro atoms. The molecular weight excluding hydrogens is 268 g/mol. The summed E-state index contributed by atoms with van der Waals surface area (Å²) in [6.45, 7) is 5.01. The van der Waals surface area contributed by atoms with E-state index < -0.39 is 0 Å². The summed E-state index contributed by atoms with van der Waals surface area (Å²) in [6.07, 6.45) is 18.2. The molecule has 0 amide bonds. The van der Waals surface area contributed by atoms with Gasteiger partial charge in [0.05, 0.1) is 6.10 Å². The van der Waals surface area contributed by atoms with Crippen LogP contribution in [0.2, 0.25) is 0 Å². The summed E-state index contributed by atoms with van der Waals surface area (Å²) >= 11 is 0. The Morgan fingerprint density at radius 1 is 1.14 bits per heavy atom. The highest BCUT2D eigenvalue weighted by molar-refractivity contribution is 5.30. The molecule has 0 bridgehead atoms. The number of aliphatic hydroxyl groups excluding tert-OH is 1. The van der Waals surface area contributed by atoms with Crippen LogP contribution in [0.3, 0.4) is 0 Å². The predicted octanol–water partition coefficient (Wildman–Crippen LogP) is 4.56. The maximum absolute atomic E-state index is 10.1. The molecule has 4 aliphatic rings. The Balaban J connectivity index is 1.77. The van der Waals surface area contributed by atoms with Crippen molar-refractivity contribution in [3.05, 3.63) is 11.6 Å². The number of allylic oxidation sites excluding steroid dienone is 1. The standard InChI is InChI=1S/C21H30O/c1-4-14-12-15-13-16(22)7-11-21(15,3)18-8-10-20(2)9-5-6-17(20)19(14)18/h1,12,14,16-19,22H,5-11,13H2,2-3H3/t14-,16-,17-,18-,19-,20-,21-/m0/s1. The summed E-state index contributed by atoms with van der Waals surface area (Å²) in [7, 11) is 0. The molecule has 1 N–H and O–H groups in total. The van der Waals surface area contributed by atoms with E-state index in [1.54, 1.807) is 0 Å². The Labute approximate surface area is 135 Å². The first kappa shape index (κ1) is 14.8. The van der Waals surface area contributed by atoms with Crippen LogP contribution >= 0.6 is 0 Å². The third kappa shape index (κ3) is 1.89. The van der Waals surface area contributed by atoms with Crippen molar-refractivity contribution in [2.24, 2.45) is 34.5 Å². The van der Waals surface area contributed by atoms with Gasteiger partial charge in [-0.3, -0.25) is 0 Å². The van der Waals surface area contributed by atoms with Crippen LogP contribution in [0, 0.1) is 46.8 Å². The number of rotatable bonds is 0. The van der Waals surface area contributed by atoms with Gasteiger partial charge in [0, 0.05) is 5.92 Å². The number of hydrogen-bond donors (Lipinski definition) is 1. The van der Waals surface area contributed by atoms with E-state index in [-0.39, 0.29) is 6.10 Å². The van der Waals surface area contributed by atoms with Gasteiger partial charge in [0.15, 0.2) is 0 Å². The van der Waals surface area contributed by atoms with Crippen molar-refractivity contribution < 1.29 is 5.11 Å². The van der Waals surface area contributed by atoms with Gasteiger partial charge in [-0.2, -0.15) is 0 Å². The number of fused-ring (bicyclic) bond motifs is 5. The molecule has 3 fully saturated rings. The SMILES string of the molecule is C#C[C@H]1C=C2C[C@@H](O)CC[C@]2(C)[C@H]2CC[C@]3(C)CCC[C@H]3[C@H]12. The van der Waals surface area contributed by atoms with Gasteiger partial charge in [-0.15, -0.1) is 6.42 Å². The molecule has 0 radical (unpaired) electrons. The van der Waals surface area contributed by atoms with Crippen LogP contribution in [0.25, 0.3) is 0 Å². The second-order valence-electron chi connectivity index (χ2n) is 9.07. The Kier molecular flexibility index (Phi) is 3.29. The van der Waals surface area contributed by atoms with E-state index in [2.05, 4.69) is 25.8 Å². The summed E-state index contributed by atoms with van der Waals surface area (Å²) in [5, 5.41) is 10.1. The van der Waals surface area contributed by atoms with Crippen LogP contribution in [0.5, 0.6) is 0 Å². The van der Waals surface area contributed by atoms with Crippen molar-refractivity contribution in [2.45, 2.75) is 71.3 Å². The lowest BCUT2D eigenvalue weighted by atomic mass is 9.46. The summed E-state index contributed by atoms with van der Waals surface area (Å²) in [6, 6.07) is 0. The fraction of sp³-hybridized carbons (Fsp3) is 0.810. The van der Waals surface area contributed by atoms with E-state index in [0.717, 1.165) is 31.1 Å². The Bertz CT molecular complexity index is 541. The van der Waals surface area contributed by atoms with Gasteiger partial charge in [0.1, 0.15) is 0 Å². The van der Waals surface area contributed by atoms with Crippen molar-refractivity contribution in [3.63, 3.8) is 0 Å². The minimum Gasteiger partial charge on any atom is -0.393 e. The van der Waals surface area contributed by atoms with Crippen LogP contribution in [-0.2, 0) is 0 Å². The van der Waals surface area contributed by atoms with Gasteiger partial charge < -0.3 is 5.11 Å². The van der Waals surface area contributed by atoms with Gasteiger partial charge in [-0.05, 0) is 73.5 Å². The maximum atomic E-state index is 10.1. The topological polar surface area (TPSA) is 20.2 Å². The molecule has 0 heterocycles. The Morgan fingerprint density at radius 2 is 1.95 bits per heavy atom. The van der Waals surface area contributed by atoms with Crippen LogP contribution in [0.4, 0.5) is 0 Å². The molecule has 0 aromatic rings. The fourth-order valence-electron chi connectivity index (χ4n) is 6.81. The van der Waals surface area contributed by atoms with E-state index in [9.17, 15) is 5.11 Å². The van der Waals surface area contributed by atoms with Crippen molar-refractivity contribution >= 4 is 0 Å². The van der Waals surface area contributed by atoms with Crippen molar-refractivity contribution in [1.29, 1.82) is 0 Å². The summed E-state index contributed by atoms with van der Waals surface area (Å²) in [4.78, 5) is 0. The highest BCUT2D eigenvalue weighted by Gasteiger charge is 2.57.